The van der Waals surface area contributed by atoms with E-state index in [1.807, 2.05) is 30.3 Å². The molecule has 0 bridgehead atoms. The largest absolute Gasteiger partial charge is 0.476 e. The number of amides is 1. The fourth-order valence-corrected chi connectivity index (χ4v) is 6.72. The van der Waals surface area contributed by atoms with Crippen molar-refractivity contribution in [3.63, 3.8) is 0 Å². The summed E-state index contributed by atoms with van der Waals surface area (Å²) in [6, 6.07) is 24.9. The van der Waals surface area contributed by atoms with Crippen LogP contribution in [0.15, 0.2) is 94.2 Å². The van der Waals surface area contributed by atoms with E-state index < -0.39 is 22.0 Å². The minimum atomic E-state index is -3.90. The second-order valence-corrected chi connectivity index (χ2v) is 11.6. The van der Waals surface area contributed by atoms with Crippen molar-refractivity contribution in [1.82, 2.24) is 10.2 Å². The number of sulfonamides is 1. The maximum Gasteiger partial charge on any atom is 0.269 e. The number of hydrogen-bond donors (Lipinski definition) is 1. The maximum absolute atomic E-state index is 13.4. The molecular formula is C24H20N4O4S3. The molecule has 178 valence electrons. The number of ether oxygens (including phenoxy) is 1. The van der Waals surface area contributed by atoms with Gasteiger partial charge in [-0.05, 0) is 29.8 Å². The number of fused-ring (bicyclic) bond motifs is 1. The maximum atomic E-state index is 13.4. The molecule has 1 aromatic heterocycles. The number of rotatable bonds is 7. The molecule has 5 rings (SSSR count). The van der Waals surface area contributed by atoms with Gasteiger partial charge < -0.3 is 4.74 Å². The summed E-state index contributed by atoms with van der Waals surface area (Å²) in [6.07, 6.45) is -1.06. The van der Waals surface area contributed by atoms with Crippen molar-refractivity contribution in [2.45, 2.75) is 21.1 Å². The Morgan fingerprint density at radius 3 is 2.46 bits per heavy atom. The lowest BCUT2D eigenvalue weighted by atomic mass is 10.2. The van der Waals surface area contributed by atoms with Crippen LogP contribution in [0.3, 0.4) is 0 Å². The van der Waals surface area contributed by atoms with Crippen LogP contribution in [0.5, 0.6) is 5.75 Å². The number of benzene rings is 3. The highest BCUT2D eigenvalue weighted by Gasteiger charge is 2.37. The summed E-state index contributed by atoms with van der Waals surface area (Å²) in [4.78, 5) is 13.2. The van der Waals surface area contributed by atoms with E-state index in [1.165, 1.54) is 39.5 Å². The Hall–Kier alpha value is -3.41. The third kappa shape index (κ3) is 5.16. The molecule has 4 aromatic rings. The molecule has 0 radical (unpaired) electrons. The second-order valence-electron chi connectivity index (χ2n) is 7.56. The molecule has 3 aromatic carbocycles. The zero-order valence-electron chi connectivity index (χ0n) is 18.3. The first-order valence-electron chi connectivity index (χ1n) is 10.7. The lowest BCUT2D eigenvalue weighted by Crippen LogP contribution is -2.48. The predicted molar refractivity (Wildman–Crippen MR) is 136 cm³/mol. The third-order valence-electron chi connectivity index (χ3n) is 5.20. The van der Waals surface area contributed by atoms with Gasteiger partial charge in [0.05, 0.1) is 17.1 Å². The van der Waals surface area contributed by atoms with Gasteiger partial charge in [0.2, 0.25) is 5.13 Å². The van der Waals surface area contributed by atoms with E-state index in [0.29, 0.717) is 20.9 Å². The van der Waals surface area contributed by atoms with Crippen LogP contribution in [0, 0.1) is 0 Å². The molecule has 0 saturated carbocycles. The fourth-order valence-electron chi connectivity index (χ4n) is 3.51. The van der Waals surface area contributed by atoms with Gasteiger partial charge in [-0.25, -0.2) is 8.42 Å². The van der Waals surface area contributed by atoms with Crippen LogP contribution in [0.25, 0.3) is 0 Å². The molecule has 1 atom stereocenters. The monoisotopic (exact) mass is 524 g/mol. The predicted octanol–water partition coefficient (Wildman–Crippen LogP) is 4.43. The summed E-state index contributed by atoms with van der Waals surface area (Å²) in [7, 11) is -3.90. The second kappa shape index (κ2) is 10.1. The van der Waals surface area contributed by atoms with Gasteiger partial charge in [0, 0.05) is 5.75 Å². The number of nitrogens with one attached hydrogen (secondary N) is 1. The minimum Gasteiger partial charge on any atom is -0.476 e. The highest BCUT2D eigenvalue weighted by atomic mass is 32.2. The molecule has 1 aliphatic heterocycles. The SMILES string of the molecule is O=C(Nc1nnc(SCc2ccccc2)s1)[C@H]1CN(S(=O)(=O)c2ccccc2)c2ccccc2O1. The van der Waals surface area contributed by atoms with E-state index in [-0.39, 0.29) is 11.4 Å². The lowest BCUT2D eigenvalue weighted by Gasteiger charge is -2.34. The van der Waals surface area contributed by atoms with E-state index in [1.54, 1.807) is 42.5 Å². The van der Waals surface area contributed by atoms with E-state index in [2.05, 4.69) is 15.5 Å². The highest BCUT2D eigenvalue weighted by molar-refractivity contribution is 8.00. The van der Waals surface area contributed by atoms with Crippen molar-refractivity contribution in [3.05, 3.63) is 90.5 Å². The van der Waals surface area contributed by atoms with Crippen LogP contribution in [-0.4, -0.2) is 37.2 Å². The standard InChI is InChI=1S/C24H20N4O4S3/c29-22(25-23-26-27-24(34-23)33-16-17-9-3-1-4-10-17)21-15-28(19-13-7-8-14-20(19)32-21)35(30,31)18-11-5-2-6-12-18/h1-14,21H,15-16H2,(H,25,26,29)/t21-/m1/s1. The molecule has 2 heterocycles. The normalized spacial score (nSPS) is 15.2. The van der Waals surface area contributed by atoms with Crippen LogP contribution >= 0.6 is 23.1 Å². The third-order valence-corrected chi connectivity index (χ3v) is 9.04. The van der Waals surface area contributed by atoms with Crippen LogP contribution in [-0.2, 0) is 20.6 Å². The molecule has 0 saturated heterocycles. The number of para-hydroxylation sites is 2. The topological polar surface area (TPSA) is 101 Å². The average Bonchev–Trinajstić information content (AvgIpc) is 3.35. The van der Waals surface area contributed by atoms with Gasteiger partial charge in [-0.2, -0.15) is 0 Å². The van der Waals surface area contributed by atoms with Crippen molar-refractivity contribution in [1.29, 1.82) is 0 Å². The zero-order chi connectivity index (χ0) is 24.3. The molecule has 0 unspecified atom stereocenters. The van der Waals surface area contributed by atoms with Crippen LogP contribution in [0.1, 0.15) is 5.56 Å². The Kier molecular flexibility index (Phi) is 6.71. The molecule has 0 aliphatic carbocycles. The molecule has 35 heavy (non-hydrogen) atoms. The van der Waals surface area contributed by atoms with Crippen molar-refractivity contribution < 1.29 is 17.9 Å². The van der Waals surface area contributed by atoms with Gasteiger partial charge in [0.1, 0.15) is 5.75 Å². The fraction of sp³-hybridized carbons (Fsp3) is 0.125. The Labute approximate surface area is 211 Å². The van der Waals surface area contributed by atoms with Crippen molar-refractivity contribution in [3.8, 4) is 5.75 Å². The summed E-state index contributed by atoms with van der Waals surface area (Å²) >= 11 is 2.78. The Bertz CT molecular complexity index is 1430. The number of anilines is 2. The van der Waals surface area contributed by atoms with E-state index in [4.69, 9.17) is 4.74 Å². The van der Waals surface area contributed by atoms with E-state index in [0.717, 1.165) is 11.3 Å². The van der Waals surface area contributed by atoms with Gasteiger partial charge in [-0.1, -0.05) is 83.8 Å². The minimum absolute atomic E-state index is 0.139. The molecule has 1 amide bonds. The van der Waals surface area contributed by atoms with Crippen molar-refractivity contribution in [2.24, 2.45) is 0 Å². The molecule has 1 aliphatic rings. The molecule has 0 spiro atoms. The number of carbonyl (C=O) groups is 1. The lowest BCUT2D eigenvalue weighted by molar-refractivity contribution is -0.122. The van der Waals surface area contributed by atoms with Crippen LogP contribution in [0.4, 0.5) is 10.8 Å². The Balaban J connectivity index is 1.31. The molecular weight excluding hydrogens is 504 g/mol. The summed E-state index contributed by atoms with van der Waals surface area (Å²) in [5, 5.41) is 11.2. The van der Waals surface area contributed by atoms with Gasteiger partial charge in [0.15, 0.2) is 10.4 Å². The number of carbonyl (C=O) groups excluding carboxylic acids is 1. The molecule has 8 nitrogen and oxygen atoms in total. The molecule has 11 heteroatoms. The smallest absolute Gasteiger partial charge is 0.269 e. The number of aromatic nitrogens is 2. The molecule has 1 N–H and O–H groups in total. The number of hydrogen-bond acceptors (Lipinski definition) is 8. The summed E-state index contributed by atoms with van der Waals surface area (Å²) in [5.74, 6) is 0.552. The highest BCUT2D eigenvalue weighted by Crippen LogP contribution is 2.37. The molecule has 0 fully saturated rings. The van der Waals surface area contributed by atoms with E-state index >= 15 is 0 Å². The van der Waals surface area contributed by atoms with Crippen LogP contribution < -0.4 is 14.4 Å². The average molecular weight is 525 g/mol. The van der Waals surface area contributed by atoms with Crippen molar-refractivity contribution in [2.75, 3.05) is 16.2 Å². The Morgan fingerprint density at radius 1 is 1.00 bits per heavy atom. The first-order chi connectivity index (χ1) is 17.0. The number of thioether (sulfide) groups is 1. The van der Waals surface area contributed by atoms with Gasteiger partial charge >= 0.3 is 0 Å². The zero-order valence-corrected chi connectivity index (χ0v) is 20.7. The van der Waals surface area contributed by atoms with Gasteiger partial charge in [0.25, 0.3) is 15.9 Å². The summed E-state index contributed by atoms with van der Waals surface area (Å²) in [5.41, 5.74) is 1.54. The van der Waals surface area contributed by atoms with Crippen molar-refractivity contribution >= 4 is 49.8 Å². The van der Waals surface area contributed by atoms with Gasteiger partial charge in [-0.3, -0.25) is 14.4 Å². The Morgan fingerprint density at radius 2 is 1.69 bits per heavy atom. The number of nitrogens with zero attached hydrogens (tertiary/aromatic N) is 3. The summed E-state index contributed by atoms with van der Waals surface area (Å²) < 4.78 is 34.6. The van der Waals surface area contributed by atoms with Crippen LogP contribution in [0.2, 0.25) is 0 Å². The first-order valence-corrected chi connectivity index (χ1v) is 13.9. The first kappa shape index (κ1) is 23.3. The van der Waals surface area contributed by atoms with Gasteiger partial charge in [-0.15, -0.1) is 10.2 Å². The quantitative estimate of drug-likeness (QED) is 0.282. The summed E-state index contributed by atoms with van der Waals surface area (Å²) in [6.45, 7) is -0.172. The van der Waals surface area contributed by atoms with E-state index in [9.17, 15) is 13.2 Å².